The average Bonchev–Trinajstić information content (AvgIpc) is 2.77. The SMILES string of the molecule is Fc1cc(NCCCc2ncc[nH]2)ncn1. The quantitative estimate of drug-likeness (QED) is 0.591. The van der Waals surface area contributed by atoms with Crippen molar-refractivity contribution in [2.45, 2.75) is 12.8 Å². The maximum atomic E-state index is 12.7. The molecule has 2 rings (SSSR count). The summed E-state index contributed by atoms with van der Waals surface area (Å²) >= 11 is 0. The van der Waals surface area contributed by atoms with E-state index in [0.717, 1.165) is 25.2 Å². The summed E-state index contributed by atoms with van der Waals surface area (Å²) in [7, 11) is 0. The van der Waals surface area contributed by atoms with Crippen molar-refractivity contribution in [3.05, 3.63) is 36.6 Å². The molecule has 0 saturated heterocycles. The molecule has 0 aliphatic heterocycles. The maximum Gasteiger partial charge on any atom is 0.217 e. The van der Waals surface area contributed by atoms with Crippen LogP contribution in [0.15, 0.2) is 24.8 Å². The first-order valence-electron chi connectivity index (χ1n) is 5.04. The summed E-state index contributed by atoms with van der Waals surface area (Å²) in [6, 6.07) is 1.27. The van der Waals surface area contributed by atoms with Gasteiger partial charge in [-0.15, -0.1) is 0 Å². The highest BCUT2D eigenvalue weighted by molar-refractivity contribution is 5.31. The Kier molecular flexibility index (Phi) is 3.42. The molecule has 0 spiro atoms. The molecule has 0 amide bonds. The molecule has 0 aromatic carbocycles. The van der Waals surface area contributed by atoms with Crippen molar-refractivity contribution in [2.75, 3.05) is 11.9 Å². The van der Waals surface area contributed by atoms with E-state index in [1.807, 2.05) is 0 Å². The lowest BCUT2D eigenvalue weighted by atomic mass is 10.3. The van der Waals surface area contributed by atoms with Crippen molar-refractivity contribution in [1.82, 2.24) is 19.9 Å². The van der Waals surface area contributed by atoms with E-state index in [2.05, 4.69) is 25.3 Å². The van der Waals surface area contributed by atoms with E-state index < -0.39 is 5.95 Å². The Hall–Kier alpha value is -1.98. The molecule has 0 saturated carbocycles. The van der Waals surface area contributed by atoms with E-state index >= 15 is 0 Å². The fourth-order valence-electron chi connectivity index (χ4n) is 1.34. The van der Waals surface area contributed by atoms with E-state index in [-0.39, 0.29) is 0 Å². The van der Waals surface area contributed by atoms with Crippen molar-refractivity contribution in [2.24, 2.45) is 0 Å². The Balaban J connectivity index is 1.72. The molecule has 6 heteroatoms. The normalized spacial score (nSPS) is 10.3. The summed E-state index contributed by atoms with van der Waals surface area (Å²) < 4.78 is 12.7. The number of anilines is 1. The summed E-state index contributed by atoms with van der Waals surface area (Å²) in [5.41, 5.74) is 0. The zero-order valence-corrected chi connectivity index (χ0v) is 8.65. The van der Waals surface area contributed by atoms with Gasteiger partial charge in [0.15, 0.2) is 0 Å². The van der Waals surface area contributed by atoms with Crippen molar-refractivity contribution < 1.29 is 4.39 Å². The second kappa shape index (κ2) is 5.20. The standard InChI is InChI=1S/C10H12FN5/c11-8-6-10(16-7-15-8)12-3-1-2-9-13-4-5-14-9/h4-7H,1-3H2,(H,13,14)(H,12,15,16). The molecule has 2 aromatic rings. The third kappa shape index (κ3) is 3.01. The van der Waals surface area contributed by atoms with Gasteiger partial charge >= 0.3 is 0 Å². The Morgan fingerprint density at radius 1 is 1.31 bits per heavy atom. The van der Waals surface area contributed by atoms with E-state index in [9.17, 15) is 4.39 Å². The number of rotatable bonds is 5. The Bertz CT molecular complexity index is 429. The Morgan fingerprint density at radius 3 is 3.00 bits per heavy atom. The molecule has 0 aliphatic rings. The van der Waals surface area contributed by atoms with Crippen molar-refractivity contribution in [3.8, 4) is 0 Å². The molecule has 16 heavy (non-hydrogen) atoms. The van der Waals surface area contributed by atoms with Crippen LogP contribution in [0.4, 0.5) is 10.2 Å². The second-order valence-corrected chi connectivity index (χ2v) is 3.29. The summed E-state index contributed by atoms with van der Waals surface area (Å²) in [6.45, 7) is 0.719. The highest BCUT2D eigenvalue weighted by Crippen LogP contribution is 2.02. The lowest BCUT2D eigenvalue weighted by Gasteiger charge is -2.03. The topological polar surface area (TPSA) is 66.5 Å². The number of imidazole rings is 1. The van der Waals surface area contributed by atoms with Crippen LogP contribution in [0.5, 0.6) is 0 Å². The Labute approximate surface area is 92.2 Å². The van der Waals surface area contributed by atoms with E-state index in [0.29, 0.717) is 5.82 Å². The molecule has 0 unspecified atom stereocenters. The minimum absolute atomic E-state index is 0.506. The van der Waals surface area contributed by atoms with Gasteiger partial charge in [-0.3, -0.25) is 0 Å². The van der Waals surface area contributed by atoms with E-state index in [4.69, 9.17) is 0 Å². The van der Waals surface area contributed by atoms with Gasteiger partial charge in [0.25, 0.3) is 0 Å². The molecule has 0 aliphatic carbocycles. The van der Waals surface area contributed by atoms with Gasteiger partial charge in [-0.2, -0.15) is 4.39 Å². The molecule has 0 atom stereocenters. The van der Waals surface area contributed by atoms with Gasteiger partial charge in [-0.05, 0) is 6.42 Å². The van der Waals surface area contributed by atoms with Crippen LogP contribution in [0.25, 0.3) is 0 Å². The number of aryl methyl sites for hydroxylation is 1. The van der Waals surface area contributed by atoms with Gasteiger partial charge in [0.2, 0.25) is 5.95 Å². The number of hydrogen-bond acceptors (Lipinski definition) is 4. The summed E-state index contributed by atoms with van der Waals surface area (Å²) in [5.74, 6) is 0.936. The summed E-state index contributed by atoms with van der Waals surface area (Å²) in [5, 5.41) is 3.02. The van der Waals surface area contributed by atoms with E-state index in [1.54, 1.807) is 12.4 Å². The largest absolute Gasteiger partial charge is 0.370 e. The number of H-pyrrole nitrogens is 1. The van der Waals surface area contributed by atoms with Crippen LogP contribution in [0.2, 0.25) is 0 Å². The maximum absolute atomic E-state index is 12.7. The van der Waals surface area contributed by atoms with Crippen LogP contribution in [-0.4, -0.2) is 26.5 Å². The number of nitrogens with zero attached hydrogens (tertiary/aromatic N) is 3. The minimum Gasteiger partial charge on any atom is -0.370 e. The number of nitrogens with one attached hydrogen (secondary N) is 2. The summed E-state index contributed by atoms with van der Waals surface area (Å²) in [4.78, 5) is 14.4. The lowest BCUT2D eigenvalue weighted by molar-refractivity contribution is 0.580. The Morgan fingerprint density at radius 2 is 2.25 bits per heavy atom. The van der Waals surface area contributed by atoms with Crippen LogP contribution in [-0.2, 0) is 6.42 Å². The van der Waals surface area contributed by atoms with Gasteiger partial charge in [0.05, 0.1) is 0 Å². The minimum atomic E-state index is -0.525. The number of hydrogen-bond donors (Lipinski definition) is 2. The fourth-order valence-corrected chi connectivity index (χ4v) is 1.34. The molecule has 84 valence electrons. The number of aromatic amines is 1. The first-order chi connectivity index (χ1) is 7.84. The van der Waals surface area contributed by atoms with E-state index in [1.165, 1.54) is 12.4 Å². The van der Waals surface area contributed by atoms with Crippen molar-refractivity contribution >= 4 is 5.82 Å². The smallest absolute Gasteiger partial charge is 0.217 e. The average molecular weight is 221 g/mol. The van der Waals surface area contributed by atoms with Crippen molar-refractivity contribution in [1.29, 1.82) is 0 Å². The zero-order chi connectivity index (χ0) is 11.2. The number of halogens is 1. The number of aromatic nitrogens is 4. The fraction of sp³-hybridized carbons (Fsp3) is 0.300. The highest BCUT2D eigenvalue weighted by atomic mass is 19.1. The van der Waals surface area contributed by atoms with Crippen LogP contribution >= 0.6 is 0 Å². The first kappa shape index (κ1) is 10.5. The zero-order valence-electron chi connectivity index (χ0n) is 8.65. The third-order valence-electron chi connectivity index (χ3n) is 2.09. The third-order valence-corrected chi connectivity index (χ3v) is 2.09. The van der Waals surface area contributed by atoms with Gasteiger partial charge in [0, 0.05) is 31.4 Å². The van der Waals surface area contributed by atoms with Gasteiger partial charge < -0.3 is 10.3 Å². The molecular weight excluding hydrogens is 209 g/mol. The van der Waals surface area contributed by atoms with Crippen molar-refractivity contribution in [3.63, 3.8) is 0 Å². The molecule has 2 heterocycles. The lowest BCUT2D eigenvalue weighted by Crippen LogP contribution is -2.05. The van der Waals surface area contributed by atoms with Gasteiger partial charge in [-0.25, -0.2) is 15.0 Å². The van der Waals surface area contributed by atoms with Gasteiger partial charge in [-0.1, -0.05) is 0 Å². The first-order valence-corrected chi connectivity index (χ1v) is 5.04. The van der Waals surface area contributed by atoms with Crippen LogP contribution < -0.4 is 5.32 Å². The molecule has 2 N–H and O–H groups in total. The van der Waals surface area contributed by atoms with Crippen LogP contribution in [0.1, 0.15) is 12.2 Å². The summed E-state index contributed by atoms with van der Waals surface area (Å²) in [6.07, 6.45) is 6.47. The molecule has 0 bridgehead atoms. The second-order valence-electron chi connectivity index (χ2n) is 3.29. The molecule has 2 aromatic heterocycles. The van der Waals surface area contributed by atoms with Gasteiger partial charge in [0.1, 0.15) is 18.0 Å². The monoisotopic (exact) mass is 221 g/mol. The van der Waals surface area contributed by atoms with Crippen LogP contribution in [0, 0.1) is 5.95 Å². The molecule has 0 radical (unpaired) electrons. The molecule has 0 fully saturated rings. The molecule has 5 nitrogen and oxygen atoms in total. The molecular formula is C10H12FN5. The highest BCUT2D eigenvalue weighted by Gasteiger charge is 1.97. The predicted molar refractivity (Wildman–Crippen MR) is 57.4 cm³/mol. The predicted octanol–water partition coefficient (Wildman–Crippen LogP) is 1.38. The van der Waals surface area contributed by atoms with Crippen LogP contribution in [0.3, 0.4) is 0 Å².